The molecule has 4 fully saturated rings. The highest BCUT2D eigenvalue weighted by Gasteiger charge is 2.47. The molecule has 5 atom stereocenters. The highest BCUT2D eigenvalue weighted by Crippen LogP contribution is 2.51. The molecule has 4 saturated carbocycles. The van der Waals surface area contributed by atoms with E-state index < -0.39 is 0 Å². The van der Waals surface area contributed by atoms with Gasteiger partial charge in [-0.05, 0) is 49.9 Å². The smallest absolute Gasteiger partial charge is 0.136 e. The van der Waals surface area contributed by atoms with Crippen LogP contribution in [0, 0.1) is 23.7 Å². The first-order valence-electron chi connectivity index (χ1n) is 5.96. The minimum atomic E-state index is 0.0880. The largest absolute Gasteiger partial charge is 0.393 e. The number of carbonyl (C=O) groups is 1. The second kappa shape index (κ2) is 3.06. The monoisotopic (exact) mass is 194 g/mol. The number of rotatable bonds is 0. The molecule has 0 amide bonds. The van der Waals surface area contributed by atoms with Crippen LogP contribution in [-0.2, 0) is 4.79 Å². The molecule has 2 heteroatoms. The summed E-state index contributed by atoms with van der Waals surface area (Å²) >= 11 is 0. The van der Waals surface area contributed by atoms with Gasteiger partial charge in [0.1, 0.15) is 5.78 Å². The molecule has 4 rings (SSSR count). The molecule has 0 aromatic rings. The lowest BCUT2D eigenvalue weighted by Gasteiger charge is -1.97. The van der Waals surface area contributed by atoms with E-state index >= 15 is 0 Å². The fourth-order valence-corrected chi connectivity index (χ4v) is 3.15. The van der Waals surface area contributed by atoms with E-state index in [2.05, 4.69) is 0 Å². The summed E-state index contributed by atoms with van der Waals surface area (Å²) in [5.41, 5.74) is 0. The maximum atomic E-state index is 10.6. The molecule has 0 spiro atoms. The Hall–Kier alpha value is -0.370. The Morgan fingerprint density at radius 3 is 2.07 bits per heavy atom. The maximum absolute atomic E-state index is 10.6. The van der Waals surface area contributed by atoms with E-state index in [1.54, 1.807) is 0 Å². The SMILES string of the molecule is O=C1CC[C@H]2CC12.O[C@@H]1CC[C@H]2CC21. The predicted octanol–water partition coefficient (Wildman–Crippen LogP) is 1.76. The Bertz CT molecular complexity index is 261. The molecule has 4 aliphatic carbocycles. The Kier molecular flexibility index (Phi) is 1.94. The minimum Gasteiger partial charge on any atom is -0.393 e. The average Bonchev–Trinajstić information content (AvgIpc) is 3.08. The van der Waals surface area contributed by atoms with Crippen LogP contribution < -0.4 is 0 Å². The van der Waals surface area contributed by atoms with E-state index in [0.29, 0.717) is 11.7 Å². The van der Waals surface area contributed by atoms with E-state index in [4.69, 9.17) is 5.11 Å². The van der Waals surface area contributed by atoms with Crippen LogP contribution in [0.3, 0.4) is 0 Å². The van der Waals surface area contributed by atoms with Gasteiger partial charge in [0.05, 0.1) is 6.10 Å². The van der Waals surface area contributed by atoms with E-state index in [-0.39, 0.29) is 6.10 Å². The molecule has 0 saturated heterocycles. The number of ketones is 1. The number of carbonyl (C=O) groups excluding carboxylic acids is 1. The molecule has 4 aliphatic rings. The van der Waals surface area contributed by atoms with Gasteiger partial charge < -0.3 is 5.11 Å². The standard InChI is InChI=1S/C6H10O.C6H8O/c2*7-6-2-1-4-3-5(4)6/h4-7H,1-3H2;4-5H,1-3H2/t4-,5?,6+;4-,5?/m00/s1. The third kappa shape index (κ3) is 1.50. The van der Waals surface area contributed by atoms with Gasteiger partial charge in [0.25, 0.3) is 0 Å². The van der Waals surface area contributed by atoms with Crippen molar-refractivity contribution in [2.75, 3.05) is 0 Å². The van der Waals surface area contributed by atoms with Gasteiger partial charge in [-0.15, -0.1) is 0 Å². The van der Waals surface area contributed by atoms with Gasteiger partial charge in [0, 0.05) is 12.3 Å². The third-order valence-corrected chi connectivity index (χ3v) is 4.40. The van der Waals surface area contributed by atoms with Gasteiger partial charge in [0.15, 0.2) is 0 Å². The molecule has 78 valence electrons. The lowest BCUT2D eigenvalue weighted by Crippen LogP contribution is -2.02. The molecule has 0 aromatic heterocycles. The topological polar surface area (TPSA) is 37.3 Å². The third-order valence-electron chi connectivity index (χ3n) is 4.40. The Morgan fingerprint density at radius 2 is 1.93 bits per heavy atom. The minimum absolute atomic E-state index is 0.0880. The molecule has 14 heavy (non-hydrogen) atoms. The van der Waals surface area contributed by atoms with Crippen molar-refractivity contribution in [1.82, 2.24) is 0 Å². The molecular weight excluding hydrogens is 176 g/mol. The zero-order chi connectivity index (χ0) is 9.71. The number of aliphatic hydroxyl groups excluding tert-OH is 1. The lowest BCUT2D eigenvalue weighted by atomic mass is 10.2. The highest BCUT2D eigenvalue weighted by atomic mass is 16.3. The summed E-state index contributed by atoms with van der Waals surface area (Å²) in [4.78, 5) is 10.6. The molecule has 2 nitrogen and oxygen atoms in total. The molecule has 0 radical (unpaired) electrons. The molecule has 1 N–H and O–H groups in total. The summed E-state index contributed by atoms with van der Waals surface area (Å²) in [5, 5.41) is 9.04. The quantitative estimate of drug-likeness (QED) is 0.638. The molecule has 0 aromatic carbocycles. The van der Waals surface area contributed by atoms with E-state index in [1.165, 1.54) is 25.7 Å². The van der Waals surface area contributed by atoms with Crippen LogP contribution in [0.5, 0.6) is 0 Å². The zero-order valence-electron chi connectivity index (χ0n) is 8.48. The fraction of sp³-hybridized carbons (Fsp3) is 0.917. The summed E-state index contributed by atoms with van der Waals surface area (Å²) in [6.45, 7) is 0. The van der Waals surface area contributed by atoms with Crippen molar-refractivity contribution in [3.8, 4) is 0 Å². The molecule has 0 aliphatic heterocycles. The molecule has 0 heterocycles. The second-order valence-electron chi connectivity index (χ2n) is 5.41. The Balaban J connectivity index is 0.0000000914. The van der Waals surface area contributed by atoms with Gasteiger partial charge in [-0.2, -0.15) is 0 Å². The first-order chi connectivity index (χ1) is 6.75. The average molecular weight is 194 g/mol. The van der Waals surface area contributed by atoms with Crippen molar-refractivity contribution in [3.63, 3.8) is 0 Å². The number of aliphatic hydroxyl groups is 1. The van der Waals surface area contributed by atoms with Crippen LogP contribution in [0.15, 0.2) is 0 Å². The van der Waals surface area contributed by atoms with Gasteiger partial charge in [0.2, 0.25) is 0 Å². The zero-order valence-corrected chi connectivity index (χ0v) is 8.48. The van der Waals surface area contributed by atoms with E-state index in [0.717, 1.165) is 30.6 Å². The van der Waals surface area contributed by atoms with Crippen LogP contribution in [0.2, 0.25) is 0 Å². The summed E-state index contributed by atoms with van der Waals surface area (Å²) in [6, 6.07) is 0. The van der Waals surface area contributed by atoms with Gasteiger partial charge in [-0.3, -0.25) is 4.79 Å². The van der Waals surface area contributed by atoms with Crippen molar-refractivity contribution >= 4 is 5.78 Å². The summed E-state index contributed by atoms with van der Waals surface area (Å²) < 4.78 is 0. The molecular formula is C12H18O2. The van der Waals surface area contributed by atoms with E-state index in [1.807, 2.05) is 0 Å². The van der Waals surface area contributed by atoms with Crippen molar-refractivity contribution in [2.24, 2.45) is 23.7 Å². The first kappa shape index (κ1) is 8.90. The van der Waals surface area contributed by atoms with Crippen LogP contribution in [0.1, 0.15) is 38.5 Å². The first-order valence-corrected chi connectivity index (χ1v) is 5.96. The van der Waals surface area contributed by atoms with Crippen molar-refractivity contribution in [3.05, 3.63) is 0 Å². The van der Waals surface area contributed by atoms with Crippen LogP contribution >= 0.6 is 0 Å². The second-order valence-corrected chi connectivity index (χ2v) is 5.41. The molecule has 2 unspecified atom stereocenters. The van der Waals surface area contributed by atoms with Gasteiger partial charge in [-0.1, -0.05) is 0 Å². The number of Topliss-reactive ketones (excluding diaryl/α,β-unsaturated/α-hetero) is 1. The van der Waals surface area contributed by atoms with Crippen LogP contribution in [-0.4, -0.2) is 17.0 Å². The summed E-state index contributed by atoms with van der Waals surface area (Å²) in [6.07, 6.45) is 7.09. The summed E-state index contributed by atoms with van der Waals surface area (Å²) in [5.74, 6) is 3.59. The Labute approximate surface area is 84.7 Å². The van der Waals surface area contributed by atoms with Crippen molar-refractivity contribution in [2.45, 2.75) is 44.6 Å². The van der Waals surface area contributed by atoms with Gasteiger partial charge >= 0.3 is 0 Å². The number of hydrogen-bond acceptors (Lipinski definition) is 2. The van der Waals surface area contributed by atoms with Crippen molar-refractivity contribution < 1.29 is 9.90 Å². The fourth-order valence-electron chi connectivity index (χ4n) is 3.15. The van der Waals surface area contributed by atoms with Crippen LogP contribution in [0.4, 0.5) is 0 Å². The maximum Gasteiger partial charge on any atom is 0.136 e. The number of fused-ring (bicyclic) bond motifs is 2. The number of hydrogen-bond donors (Lipinski definition) is 1. The Morgan fingerprint density at radius 1 is 1.07 bits per heavy atom. The molecule has 0 bridgehead atoms. The van der Waals surface area contributed by atoms with Gasteiger partial charge in [-0.25, -0.2) is 0 Å². The lowest BCUT2D eigenvalue weighted by molar-refractivity contribution is -0.119. The normalized spacial score (nSPS) is 51.8. The van der Waals surface area contributed by atoms with E-state index in [9.17, 15) is 4.79 Å². The predicted molar refractivity (Wildman–Crippen MR) is 52.7 cm³/mol. The van der Waals surface area contributed by atoms with Crippen LogP contribution in [0.25, 0.3) is 0 Å². The highest BCUT2D eigenvalue weighted by molar-refractivity contribution is 5.86. The summed E-state index contributed by atoms with van der Waals surface area (Å²) in [7, 11) is 0. The van der Waals surface area contributed by atoms with Crippen molar-refractivity contribution in [1.29, 1.82) is 0 Å².